The van der Waals surface area contributed by atoms with Gasteiger partial charge in [0, 0.05) is 25.4 Å². The number of rotatable bonds is 10. The normalized spacial score (nSPS) is 19.5. The van der Waals surface area contributed by atoms with Crippen molar-refractivity contribution in [2.45, 2.75) is 69.7 Å². The van der Waals surface area contributed by atoms with Gasteiger partial charge < -0.3 is 20.3 Å². The van der Waals surface area contributed by atoms with Crippen molar-refractivity contribution in [1.29, 1.82) is 0 Å². The molecule has 4 nitrogen and oxygen atoms in total. The quantitative estimate of drug-likeness (QED) is 0.370. The third-order valence-corrected chi connectivity index (χ3v) is 6.04. The molecule has 0 radical (unpaired) electrons. The first-order valence-corrected chi connectivity index (χ1v) is 11.2. The van der Waals surface area contributed by atoms with Crippen molar-refractivity contribution in [2.24, 2.45) is 0 Å². The molecule has 0 heterocycles. The van der Waals surface area contributed by atoms with Crippen molar-refractivity contribution in [1.82, 2.24) is 10.2 Å². The van der Waals surface area contributed by atoms with E-state index < -0.39 is 11.7 Å². The number of benzene rings is 1. The second-order valence-corrected chi connectivity index (χ2v) is 8.32. The molecule has 1 aliphatic rings. The lowest BCUT2D eigenvalue weighted by molar-refractivity contribution is -0.137. The van der Waals surface area contributed by atoms with Crippen LogP contribution in [-0.2, 0) is 10.9 Å². The molecule has 1 fully saturated rings. The average molecular weight is 446 g/mol. The summed E-state index contributed by atoms with van der Waals surface area (Å²) in [6, 6.07) is 5.27. The van der Waals surface area contributed by atoms with Crippen LogP contribution in [-0.4, -0.2) is 49.4 Å². The van der Waals surface area contributed by atoms with Crippen molar-refractivity contribution in [3.8, 4) is 0 Å². The van der Waals surface area contributed by atoms with Gasteiger partial charge in [-0.1, -0.05) is 12.8 Å². The summed E-state index contributed by atoms with van der Waals surface area (Å²) in [5.41, 5.74) is -0.102. The molecule has 1 aromatic carbocycles. The Balaban J connectivity index is 1.67. The maximum Gasteiger partial charge on any atom is 0.416 e. The Hall–Kier alpha value is -1.38. The van der Waals surface area contributed by atoms with Crippen LogP contribution >= 0.6 is 12.2 Å². The first-order valence-electron chi connectivity index (χ1n) is 10.8. The second kappa shape index (κ2) is 12.5. The van der Waals surface area contributed by atoms with Crippen molar-refractivity contribution in [3.05, 3.63) is 29.8 Å². The molecular formula is C22H34F3N3OS. The van der Waals surface area contributed by atoms with Gasteiger partial charge in [-0.15, -0.1) is 0 Å². The van der Waals surface area contributed by atoms with Crippen LogP contribution < -0.4 is 10.6 Å². The molecule has 2 rings (SSSR count). The van der Waals surface area contributed by atoms with Crippen LogP contribution in [0.5, 0.6) is 0 Å². The zero-order valence-electron chi connectivity index (χ0n) is 17.9. The minimum Gasteiger partial charge on any atom is -0.378 e. The van der Waals surface area contributed by atoms with E-state index in [9.17, 15) is 13.2 Å². The smallest absolute Gasteiger partial charge is 0.378 e. The van der Waals surface area contributed by atoms with Gasteiger partial charge in [-0.2, -0.15) is 13.2 Å². The third-order valence-electron chi connectivity index (χ3n) is 5.65. The Morgan fingerprint density at radius 2 is 1.70 bits per heavy atom. The lowest BCUT2D eigenvalue weighted by atomic mass is 9.92. The Labute approximate surface area is 183 Å². The molecule has 2 N–H and O–H groups in total. The molecule has 0 spiro atoms. The summed E-state index contributed by atoms with van der Waals surface area (Å²) in [7, 11) is 3.92. The maximum atomic E-state index is 12.7. The number of anilines is 1. The van der Waals surface area contributed by atoms with Crippen LogP contribution in [0.1, 0.15) is 56.9 Å². The first-order chi connectivity index (χ1) is 14.3. The van der Waals surface area contributed by atoms with Crippen LogP contribution in [0.3, 0.4) is 0 Å². The molecule has 0 aliphatic heterocycles. The van der Waals surface area contributed by atoms with Crippen LogP contribution in [0.2, 0.25) is 0 Å². The number of halogens is 3. The third kappa shape index (κ3) is 8.40. The number of thiocarbonyl (C=S) groups is 1. The van der Waals surface area contributed by atoms with E-state index in [0.29, 0.717) is 22.9 Å². The van der Waals surface area contributed by atoms with Gasteiger partial charge in [-0.3, -0.25) is 0 Å². The van der Waals surface area contributed by atoms with Gasteiger partial charge in [0.25, 0.3) is 0 Å². The van der Waals surface area contributed by atoms with Crippen LogP contribution in [0.15, 0.2) is 24.3 Å². The first kappa shape index (κ1) is 24.9. The highest BCUT2D eigenvalue weighted by Crippen LogP contribution is 2.30. The van der Waals surface area contributed by atoms with Crippen molar-refractivity contribution in [3.63, 3.8) is 0 Å². The van der Waals surface area contributed by atoms with Crippen LogP contribution in [0, 0.1) is 0 Å². The monoisotopic (exact) mass is 445 g/mol. The lowest BCUT2D eigenvalue weighted by Gasteiger charge is -2.36. The van der Waals surface area contributed by atoms with Crippen molar-refractivity contribution < 1.29 is 17.9 Å². The van der Waals surface area contributed by atoms with Crippen LogP contribution in [0.25, 0.3) is 0 Å². The molecule has 0 saturated heterocycles. The number of alkyl halides is 3. The molecule has 0 bridgehead atoms. The molecular weight excluding hydrogens is 411 g/mol. The van der Waals surface area contributed by atoms with E-state index in [1.54, 1.807) is 0 Å². The largest absolute Gasteiger partial charge is 0.416 e. The minimum atomic E-state index is -4.33. The number of hydrogen-bond acceptors (Lipinski definition) is 3. The van der Waals surface area contributed by atoms with Gasteiger partial charge >= 0.3 is 6.18 Å². The number of unbranched alkanes of at least 4 members (excludes halogenated alkanes) is 3. The summed E-state index contributed by atoms with van der Waals surface area (Å²) in [6.07, 6.45) is 4.80. The number of hydrogen-bond donors (Lipinski definition) is 2. The van der Waals surface area contributed by atoms with Gasteiger partial charge in [-0.25, -0.2) is 0 Å². The van der Waals surface area contributed by atoms with E-state index in [-0.39, 0.29) is 0 Å². The summed E-state index contributed by atoms with van der Waals surface area (Å²) in [5, 5.41) is 6.74. The molecule has 8 heteroatoms. The Morgan fingerprint density at radius 1 is 1.07 bits per heavy atom. The molecule has 30 heavy (non-hydrogen) atoms. The van der Waals surface area contributed by atoms with E-state index >= 15 is 0 Å². The number of nitrogens with one attached hydrogen (secondary N) is 2. The number of nitrogens with zero attached hydrogens (tertiary/aromatic N) is 1. The highest BCUT2D eigenvalue weighted by atomic mass is 32.1. The molecule has 1 saturated carbocycles. The Morgan fingerprint density at radius 3 is 2.30 bits per heavy atom. The summed E-state index contributed by atoms with van der Waals surface area (Å²) in [6.45, 7) is 1.91. The maximum absolute atomic E-state index is 12.7. The predicted molar refractivity (Wildman–Crippen MR) is 120 cm³/mol. The average Bonchev–Trinajstić information content (AvgIpc) is 2.73. The van der Waals surface area contributed by atoms with E-state index in [2.05, 4.69) is 10.6 Å². The highest BCUT2D eigenvalue weighted by molar-refractivity contribution is 7.80. The van der Waals surface area contributed by atoms with Crippen molar-refractivity contribution >= 4 is 23.0 Å². The van der Waals surface area contributed by atoms with Gasteiger partial charge in [0.2, 0.25) is 0 Å². The fourth-order valence-corrected chi connectivity index (χ4v) is 3.99. The van der Waals surface area contributed by atoms with Gasteiger partial charge in [0.1, 0.15) is 0 Å². The van der Waals surface area contributed by atoms with Gasteiger partial charge in [0.15, 0.2) is 5.11 Å². The molecule has 0 amide bonds. The zero-order valence-corrected chi connectivity index (χ0v) is 18.7. The summed E-state index contributed by atoms with van der Waals surface area (Å²) >= 11 is 5.46. The highest BCUT2D eigenvalue weighted by Gasteiger charge is 2.30. The topological polar surface area (TPSA) is 36.5 Å². The molecule has 0 aromatic heterocycles. The Bertz CT molecular complexity index is 632. The minimum absolute atomic E-state index is 0.320. The molecule has 170 valence electrons. The van der Waals surface area contributed by atoms with Gasteiger partial charge in [0.05, 0.1) is 11.7 Å². The van der Waals surface area contributed by atoms with E-state index in [4.69, 9.17) is 17.0 Å². The van der Waals surface area contributed by atoms with E-state index in [0.717, 1.165) is 57.4 Å². The second-order valence-electron chi connectivity index (χ2n) is 7.94. The predicted octanol–water partition coefficient (Wildman–Crippen LogP) is 5.44. The SMILES string of the molecule is CNCCCCCCOC1CCC(N(C)C(=S)Nc2ccc(C(F)(F)F)cc2)CC1. The van der Waals surface area contributed by atoms with Crippen molar-refractivity contribution in [2.75, 3.05) is 32.6 Å². The lowest BCUT2D eigenvalue weighted by Crippen LogP contribution is -2.42. The van der Waals surface area contributed by atoms with Gasteiger partial charge in [-0.05, 0) is 88.6 Å². The summed E-state index contributed by atoms with van der Waals surface area (Å²) < 4.78 is 44.1. The van der Waals surface area contributed by atoms with E-state index in [1.165, 1.54) is 31.4 Å². The molecule has 1 aliphatic carbocycles. The zero-order chi connectivity index (χ0) is 22.0. The fraction of sp³-hybridized carbons (Fsp3) is 0.682. The Kier molecular flexibility index (Phi) is 10.3. The summed E-state index contributed by atoms with van der Waals surface area (Å²) in [5.74, 6) is 0. The number of ether oxygens (including phenoxy) is 1. The van der Waals surface area contributed by atoms with E-state index in [1.807, 2.05) is 19.0 Å². The fourth-order valence-electron chi connectivity index (χ4n) is 3.73. The molecule has 0 atom stereocenters. The summed E-state index contributed by atoms with van der Waals surface area (Å²) in [4.78, 5) is 2.02. The standard InChI is InChI=1S/C22H34F3N3OS/c1-26-15-5-3-4-6-16-29-20-13-11-19(12-14-20)28(2)21(30)27-18-9-7-17(8-10-18)22(23,24)25/h7-10,19-20,26H,3-6,11-16H2,1-2H3,(H,27,30). The van der Waals surface area contributed by atoms with Crippen LogP contribution in [0.4, 0.5) is 18.9 Å². The molecule has 0 unspecified atom stereocenters. The molecule has 1 aromatic rings.